The Balaban J connectivity index is 1.72. The maximum Gasteiger partial charge on any atom is 0.408 e. The normalized spacial score (nSPS) is 11.4. The molecule has 2 N–H and O–H groups in total. The van der Waals surface area contributed by atoms with Gasteiger partial charge in [0.15, 0.2) is 0 Å². The van der Waals surface area contributed by atoms with E-state index in [2.05, 4.69) is 10.6 Å². The van der Waals surface area contributed by atoms with E-state index >= 15 is 0 Å². The fourth-order valence-corrected chi connectivity index (χ4v) is 2.08. The fraction of sp³-hybridized carbons (Fsp3) is 0.222. The quantitative estimate of drug-likeness (QED) is 0.843. The van der Waals surface area contributed by atoms with Crippen LogP contribution in [0.5, 0.6) is 0 Å². The number of benzene rings is 2. The lowest BCUT2D eigenvalue weighted by Gasteiger charge is -2.14. The largest absolute Gasteiger partial charge is 0.445 e. The van der Waals surface area contributed by atoms with Crippen molar-refractivity contribution in [1.82, 2.24) is 10.6 Å². The topological polar surface area (TPSA) is 67.4 Å². The van der Waals surface area contributed by atoms with Gasteiger partial charge in [-0.1, -0.05) is 54.1 Å². The minimum absolute atomic E-state index is 0.159. The molecule has 5 nitrogen and oxygen atoms in total. The second-order valence-electron chi connectivity index (χ2n) is 5.27. The Labute approximate surface area is 146 Å². The molecule has 0 saturated heterocycles. The van der Waals surface area contributed by atoms with Gasteiger partial charge in [-0.15, -0.1) is 0 Å². The molecule has 0 radical (unpaired) electrons. The molecule has 1 atom stereocenters. The lowest BCUT2D eigenvalue weighted by Crippen LogP contribution is -2.44. The number of halogens is 1. The number of ether oxygens (including phenoxy) is 1. The van der Waals surface area contributed by atoms with Gasteiger partial charge in [-0.3, -0.25) is 4.79 Å². The van der Waals surface area contributed by atoms with E-state index in [1.165, 1.54) is 0 Å². The lowest BCUT2D eigenvalue weighted by atomic mass is 10.2. The van der Waals surface area contributed by atoms with Crippen molar-refractivity contribution in [3.8, 4) is 0 Å². The Hall–Kier alpha value is -2.53. The first-order valence-corrected chi connectivity index (χ1v) is 7.92. The van der Waals surface area contributed by atoms with Crippen LogP contribution >= 0.6 is 11.6 Å². The molecular formula is C18H19ClN2O3. The maximum absolute atomic E-state index is 12.0. The summed E-state index contributed by atoms with van der Waals surface area (Å²) in [6.45, 7) is 2.12. The smallest absolute Gasteiger partial charge is 0.408 e. The average Bonchev–Trinajstić information content (AvgIpc) is 2.60. The third kappa shape index (κ3) is 5.93. The van der Waals surface area contributed by atoms with Crippen molar-refractivity contribution in [3.63, 3.8) is 0 Å². The number of alkyl carbamates (subject to hydrolysis) is 1. The Morgan fingerprint density at radius 3 is 2.38 bits per heavy atom. The molecule has 0 aliphatic carbocycles. The number of hydrogen-bond donors (Lipinski definition) is 2. The molecule has 2 aromatic carbocycles. The average molecular weight is 347 g/mol. The summed E-state index contributed by atoms with van der Waals surface area (Å²) in [5.74, 6) is -0.290. The van der Waals surface area contributed by atoms with E-state index < -0.39 is 12.1 Å². The number of rotatable bonds is 6. The zero-order chi connectivity index (χ0) is 17.4. The van der Waals surface area contributed by atoms with Gasteiger partial charge < -0.3 is 15.4 Å². The summed E-state index contributed by atoms with van der Waals surface area (Å²) in [7, 11) is 0. The van der Waals surface area contributed by atoms with Crippen molar-refractivity contribution in [2.75, 3.05) is 0 Å². The lowest BCUT2D eigenvalue weighted by molar-refractivity contribution is -0.122. The van der Waals surface area contributed by atoms with E-state index in [1.807, 2.05) is 42.5 Å². The fourth-order valence-electron chi connectivity index (χ4n) is 1.95. The van der Waals surface area contributed by atoms with Crippen LogP contribution in [0, 0.1) is 0 Å². The molecule has 0 fully saturated rings. The summed E-state index contributed by atoms with van der Waals surface area (Å²) in [6, 6.07) is 15.8. The first kappa shape index (κ1) is 17.8. The van der Waals surface area contributed by atoms with Crippen molar-refractivity contribution in [3.05, 3.63) is 70.7 Å². The number of carbonyl (C=O) groups excluding carboxylic acids is 2. The molecule has 0 bridgehead atoms. The maximum atomic E-state index is 12.0. The van der Waals surface area contributed by atoms with Crippen LogP contribution in [0.15, 0.2) is 54.6 Å². The first-order valence-electron chi connectivity index (χ1n) is 7.54. The van der Waals surface area contributed by atoms with Crippen molar-refractivity contribution in [2.45, 2.75) is 26.1 Å². The van der Waals surface area contributed by atoms with Gasteiger partial charge >= 0.3 is 6.09 Å². The molecule has 1 unspecified atom stereocenters. The highest BCUT2D eigenvalue weighted by Crippen LogP contribution is 2.09. The second kappa shape index (κ2) is 8.93. The number of amides is 2. The van der Waals surface area contributed by atoms with Gasteiger partial charge in [0.05, 0.1) is 0 Å². The molecule has 24 heavy (non-hydrogen) atoms. The summed E-state index contributed by atoms with van der Waals surface area (Å²) < 4.78 is 5.08. The third-order valence-electron chi connectivity index (χ3n) is 3.32. The summed E-state index contributed by atoms with van der Waals surface area (Å²) in [4.78, 5) is 23.7. The summed E-state index contributed by atoms with van der Waals surface area (Å²) >= 11 is 5.81. The van der Waals surface area contributed by atoms with Crippen molar-refractivity contribution in [2.24, 2.45) is 0 Å². The standard InChI is InChI=1S/C18H19ClN2O3/c1-13(17(22)20-11-14-7-9-16(19)10-8-14)21-18(23)24-12-15-5-3-2-4-6-15/h2-10,13H,11-12H2,1H3,(H,20,22)(H,21,23). The highest BCUT2D eigenvalue weighted by molar-refractivity contribution is 6.30. The minimum atomic E-state index is -0.694. The number of nitrogens with one attached hydrogen (secondary N) is 2. The highest BCUT2D eigenvalue weighted by Gasteiger charge is 2.16. The van der Waals surface area contributed by atoms with Gasteiger partial charge in [0, 0.05) is 11.6 Å². The van der Waals surface area contributed by atoms with E-state index in [0.717, 1.165) is 11.1 Å². The second-order valence-corrected chi connectivity index (χ2v) is 5.71. The van der Waals surface area contributed by atoms with E-state index in [9.17, 15) is 9.59 Å². The summed E-state index contributed by atoms with van der Waals surface area (Å²) in [5, 5.41) is 5.89. The van der Waals surface area contributed by atoms with E-state index in [0.29, 0.717) is 11.6 Å². The Kier molecular flexibility index (Phi) is 6.63. The predicted octanol–water partition coefficient (Wildman–Crippen LogP) is 3.27. The molecule has 0 aliphatic rings. The summed E-state index contributed by atoms with van der Waals surface area (Å²) in [6.07, 6.45) is -0.631. The molecule has 2 amide bonds. The molecule has 2 aromatic rings. The Morgan fingerprint density at radius 2 is 1.71 bits per heavy atom. The van der Waals surface area contributed by atoms with Crippen LogP contribution < -0.4 is 10.6 Å². The predicted molar refractivity (Wildman–Crippen MR) is 92.5 cm³/mol. The van der Waals surface area contributed by atoms with Gasteiger partial charge in [0.1, 0.15) is 12.6 Å². The van der Waals surface area contributed by atoms with Crippen LogP contribution in [-0.2, 0) is 22.7 Å². The van der Waals surface area contributed by atoms with Gasteiger partial charge in [0.2, 0.25) is 5.91 Å². The van der Waals surface area contributed by atoms with E-state index in [1.54, 1.807) is 19.1 Å². The van der Waals surface area contributed by atoms with Gasteiger partial charge in [-0.2, -0.15) is 0 Å². The third-order valence-corrected chi connectivity index (χ3v) is 3.57. The molecule has 0 spiro atoms. The zero-order valence-corrected chi connectivity index (χ0v) is 14.0. The molecule has 6 heteroatoms. The number of hydrogen-bond acceptors (Lipinski definition) is 3. The van der Waals surface area contributed by atoms with Gasteiger partial charge in [0.25, 0.3) is 0 Å². The van der Waals surface area contributed by atoms with Crippen LogP contribution in [0.1, 0.15) is 18.1 Å². The Bertz CT molecular complexity index is 674. The molecule has 0 aromatic heterocycles. The monoisotopic (exact) mass is 346 g/mol. The Morgan fingerprint density at radius 1 is 1.04 bits per heavy atom. The van der Waals surface area contributed by atoms with Crippen LogP contribution in [0.25, 0.3) is 0 Å². The van der Waals surface area contributed by atoms with Crippen molar-refractivity contribution < 1.29 is 14.3 Å². The molecule has 0 saturated carbocycles. The molecule has 126 valence electrons. The van der Waals surface area contributed by atoms with Crippen molar-refractivity contribution in [1.29, 1.82) is 0 Å². The van der Waals surface area contributed by atoms with Crippen molar-refractivity contribution >= 4 is 23.6 Å². The van der Waals surface area contributed by atoms with Gasteiger partial charge in [-0.05, 0) is 30.2 Å². The van der Waals surface area contributed by atoms with Gasteiger partial charge in [-0.25, -0.2) is 4.79 Å². The molecule has 0 heterocycles. The highest BCUT2D eigenvalue weighted by atomic mass is 35.5. The van der Waals surface area contributed by atoms with Crippen LogP contribution in [0.2, 0.25) is 5.02 Å². The zero-order valence-electron chi connectivity index (χ0n) is 13.3. The molecule has 2 rings (SSSR count). The first-order chi connectivity index (χ1) is 11.5. The van der Waals surface area contributed by atoms with E-state index in [-0.39, 0.29) is 12.5 Å². The minimum Gasteiger partial charge on any atom is -0.445 e. The van der Waals surface area contributed by atoms with Crippen LogP contribution in [0.3, 0.4) is 0 Å². The van der Waals surface area contributed by atoms with Crippen LogP contribution in [-0.4, -0.2) is 18.0 Å². The molecular weight excluding hydrogens is 328 g/mol. The SMILES string of the molecule is CC(NC(=O)OCc1ccccc1)C(=O)NCc1ccc(Cl)cc1. The molecule has 0 aliphatic heterocycles. The van der Waals surface area contributed by atoms with E-state index in [4.69, 9.17) is 16.3 Å². The van der Waals surface area contributed by atoms with Crippen LogP contribution in [0.4, 0.5) is 4.79 Å². The number of carbonyl (C=O) groups is 2. The summed E-state index contributed by atoms with van der Waals surface area (Å²) in [5.41, 5.74) is 1.80.